The zero-order chi connectivity index (χ0) is 16.3. The Morgan fingerprint density at radius 2 is 1.86 bits per heavy atom. The maximum absolute atomic E-state index is 13.3. The smallest absolute Gasteiger partial charge is 0.428 e. The van der Waals surface area contributed by atoms with E-state index in [0.717, 1.165) is 12.1 Å². The molecule has 1 rings (SSSR count). The number of carbonyl (C=O) groups is 2. The molecule has 0 fully saturated rings. The zero-order valence-corrected chi connectivity index (χ0v) is 10.7. The average molecular weight is 309 g/mol. The van der Waals surface area contributed by atoms with Crippen molar-refractivity contribution in [1.82, 2.24) is 0 Å². The van der Waals surface area contributed by atoms with Crippen LogP contribution >= 0.6 is 0 Å². The van der Waals surface area contributed by atoms with E-state index in [-0.39, 0.29) is 5.69 Å². The number of nitrogens with one attached hydrogen (secondary N) is 1. The molecule has 1 aromatic rings. The fourth-order valence-electron chi connectivity index (χ4n) is 1.45. The first-order valence-electron chi connectivity index (χ1n) is 5.53. The number of hydrogen-bond donors (Lipinski definition) is 2. The number of para-hydroxylation sites is 1. The molecule has 1 atom stereocenters. The Labute approximate surface area is 116 Å². The lowest BCUT2D eigenvalue weighted by molar-refractivity contribution is -0.261. The van der Waals surface area contributed by atoms with Crippen molar-refractivity contribution >= 4 is 17.6 Å². The molecule has 2 N–H and O–H groups in total. The fourth-order valence-corrected chi connectivity index (χ4v) is 1.45. The van der Waals surface area contributed by atoms with E-state index >= 15 is 0 Å². The second-order valence-electron chi connectivity index (χ2n) is 4.05. The van der Waals surface area contributed by atoms with Gasteiger partial charge in [0.05, 0.1) is 19.2 Å². The van der Waals surface area contributed by atoms with E-state index in [1.165, 1.54) is 12.1 Å². The van der Waals surface area contributed by atoms with Gasteiger partial charge in [0.1, 0.15) is 5.82 Å². The topological polar surface area (TPSA) is 75.6 Å². The summed E-state index contributed by atoms with van der Waals surface area (Å²) in [5.41, 5.74) is -4.38. The van der Waals surface area contributed by atoms with Crippen LogP contribution in [0.25, 0.3) is 0 Å². The van der Waals surface area contributed by atoms with E-state index in [4.69, 9.17) is 0 Å². The molecular weight excluding hydrogens is 298 g/mol. The predicted molar refractivity (Wildman–Crippen MR) is 62.7 cm³/mol. The van der Waals surface area contributed by atoms with Crippen molar-refractivity contribution in [3.8, 4) is 0 Å². The number of hydrogen-bond acceptors (Lipinski definition) is 4. The minimum absolute atomic E-state index is 0.378. The van der Waals surface area contributed by atoms with Gasteiger partial charge in [-0.2, -0.15) is 13.2 Å². The van der Waals surface area contributed by atoms with E-state index in [9.17, 15) is 32.3 Å². The van der Waals surface area contributed by atoms with Gasteiger partial charge in [-0.1, -0.05) is 12.1 Å². The maximum Gasteiger partial charge on any atom is 0.428 e. The lowest BCUT2D eigenvalue weighted by Gasteiger charge is -2.26. The van der Waals surface area contributed by atoms with Crippen molar-refractivity contribution in [3.05, 3.63) is 30.1 Å². The molecule has 0 saturated carbocycles. The molecule has 0 aliphatic rings. The number of aliphatic hydroxyl groups is 1. The Bertz CT molecular complexity index is 546. The van der Waals surface area contributed by atoms with Crippen LogP contribution in [0.5, 0.6) is 0 Å². The number of methoxy groups -OCH3 is 1. The average Bonchev–Trinajstić information content (AvgIpc) is 2.39. The van der Waals surface area contributed by atoms with Gasteiger partial charge in [-0.3, -0.25) is 4.79 Å². The molecule has 0 saturated heterocycles. The van der Waals surface area contributed by atoms with Crippen LogP contribution in [0.1, 0.15) is 6.42 Å². The van der Waals surface area contributed by atoms with Crippen LogP contribution < -0.4 is 5.32 Å². The van der Waals surface area contributed by atoms with Gasteiger partial charge in [-0.25, -0.2) is 9.18 Å². The van der Waals surface area contributed by atoms with Gasteiger partial charge in [0.2, 0.25) is 5.91 Å². The van der Waals surface area contributed by atoms with Gasteiger partial charge in [0, 0.05) is 0 Å². The Kier molecular flexibility index (Phi) is 4.89. The van der Waals surface area contributed by atoms with Gasteiger partial charge in [-0.05, 0) is 12.1 Å². The first-order chi connectivity index (χ1) is 9.61. The molecule has 1 unspecified atom stereocenters. The van der Waals surface area contributed by atoms with E-state index in [2.05, 4.69) is 4.74 Å². The van der Waals surface area contributed by atoms with Gasteiger partial charge >= 0.3 is 12.1 Å². The summed E-state index contributed by atoms with van der Waals surface area (Å²) < 4.78 is 55.2. The highest BCUT2D eigenvalue weighted by Gasteiger charge is 2.61. The summed E-state index contributed by atoms with van der Waals surface area (Å²) in [5, 5.41) is 11.2. The van der Waals surface area contributed by atoms with Crippen LogP contribution in [-0.2, 0) is 14.3 Å². The number of ether oxygens (including phenoxy) is 1. The van der Waals surface area contributed by atoms with E-state index in [1.807, 2.05) is 5.32 Å². The summed E-state index contributed by atoms with van der Waals surface area (Å²) in [6.07, 6.45) is -7.08. The molecule has 9 heteroatoms. The third-order valence-electron chi connectivity index (χ3n) is 2.56. The number of anilines is 1. The van der Waals surface area contributed by atoms with Crippen LogP contribution in [0.4, 0.5) is 23.2 Å². The third kappa shape index (κ3) is 3.69. The van der Waals surface area contributed by atoms with E-state index in [0.29, 0.717) is 7.11 Å². The number of alkyl halides is 3. The lowest BCUT2D eigenvalue weighted by atomic mass is 9.98. The Balaban J connectivity index is 2.93. The molecule has 5 nitrogen and oxygen atoms in total. The van der Waals surface area contributed by atoms with Crippen molar-refractivity contribution in [1.29, 1.82) is 0 Å². The minimum atomic E-state index is -5.42. The van der Waals surface area contributed by atoms with E-state index in [1.54, 1.807) is 0 Å². The molecule has 1 aromatic carbocycles. The first-order valence-corrected chi connectivity index (χ1v) is 5.53. The minimum Gasteiger partial charge on any atom is -0.467 e. The highest BCUT2D eigenvalue weighted by atomic mass is 19.4. The van der Waals surface area contributed by atoms with Crippen molar-refractivity contribution < 1.29 is 37.0 Å². The highest BCUT2D eigenvalue weighted by Crippen LogP contribution is 2.34. The molecule has 0 radical (unpaired) electrons. The van der Waals surface area contributed by atoms with Crippen LogP contribution in [0.15, 0.2) is 24.3 Å². The monoisotopic (exact) mass is 309 g/mol. The molecule has 0 spiro atoms. The molecular formula is C12H11F4NO4. The Hall–Kier alpha value is -2.16. The number of carbonyl (C=O) groups excluding carboxylic acids is 2. The van der Waals surface area contributed by atoms with Crippen molar-refractivity contribution in [3.63, 3.8) is 0 Å². The summed E-state index contributed by atoms with van der Waals surface area (Å²) >= 11 is 0. The Morgan fingerprint density at radius 1 is 1.29 bits per heavy atom. The van der Waals surface area contributed by atoms with Gasteiger partial charge in [0.15, 0.2) is 0 Å². The number of esters is 1. The normalized spacial score (nSPS) is 14.2. The lowest BCUT2D eigenvalue weighted by Crippen LogP contribution is -2.54. The summed E-state index contributed by atoms with van der Waals surface area (Å²) in [4.78, 5) is 22.6. The van der Waals surface area contributed by atoms with Crippen LogP contribution in [-0.4, -0.2) is 35.9 Å². The molecule has 0 aromatic heterocycles. The van der Waals surface area contributed by atoms with Crippen LogP contribution in [0.3, 0.4) is 0 Å². The van der Waals surface area contributed by atoms with Crippen LogP contribution in [0.2, 0.25) is 0 Å². The summed E-state index contributed by atoms with van der Waals surface area (Å²) in [7, 11) is 0.633. The predicted octanol–water partition coefficient (Wildman–Crippen LogP) is 1.62. The van der Waals surface area contributed by atoms with E-state index < -0.39 is 35.9 Å². The number of benzene rings is 1. The van der Waals surface area contributed by atoms with Crippen molar-refractivity contribution in [2.75, 3.05) is 12.4 Å². The molecule has 1 amide bonds. The molecule has 116 valence electrons. The standard InChI is InChI=1S/C12H11F4NO4/c1-21-10(19)11(20,12(14,15)16)6-9(18)17-8-5-3-2-4-7(8)13/h2-5,20H,6H2,1H3,(H,17,18). The zero-order valence-electron chi connectivity index (χ0n) is 10.7. The summed E-state index contributed by atoms with van der Waals surface area (Å²) in [6.45, 7) is 0. The maximum atomic E-state index is 13.3. The molecule has 0 heterocycles. The van der Waals surface area contributed by atoms with Gasteiger partial charge in [0.25, 0.3) is 5.60 Å². The highest BCUT2D eigenvalue weighted by molar-refractivity contribution is 5.96. The molecule has 0 bridgehead atoms. The first kappa shape index (κ1) is 16.9. The second-order valence-corrected chi connectivity index (χ2v) is 4.05. The summed E-state index contributed by atoms with van der Waals surface area (Å²) in [5.74, 6) is -4.30. The quantitative estimate of drug-likeness (QED) is 0.654. The largest absolute Gasteiger partial charge is 0.467 e. The number of amides is 1. The summed E-state index contributed by atoms with van der Waals surface area (Å²) in [6, 6.07) is 4.74. The van der Waals surface area contributed by atoms with Crippen LogP contribution in [0, 0.1) is 5.82 Å². The van der Waals surface area contributed by atoms with Gasteiger partial charge in [-0.15, -0.1) is 0 Å². The number of rotatable bonds is 4. The third-order valence-corrected chi connectivity index (χ3v) is 2.56. The van der Waals surface area contributed by atoms with Crippen molar-refractivity contribution in [2.45, 2.75) is 18.2 Å². The molecule has 21 heavy (non-hydrogen) atoms. The fraction of sp³-hybridized carbons (Fsp3) is 0.333. The molecule has 0 aliphatic heterocycles. The SMILES string of the molecule is COC(=O)C(O)(CC(=O)Nc1ccccc1F)C(F)(F)F. The second kappa shape index (κ2) is 6.08. The Morgan fingerprint density at radius 3 is 2.33 bits per heavy atom. The molecule has 0 aliphatic carbocycles. The van der Waals surface area contributed by atoms with Gasteiger partial charge < -0.3 is 15.2 Å². The number of halogens is 4. The van der Waals surface area contributed by atoms with Crippen molar-refractivity contribution in [2.24, 2.45) is 0 Å².